The summed E-state index contributed by atoms with van der Waals surface area (Å²) in [5, 5.41) is 0. The van der Waals surface area contributed by atoms with Crippen LogP contribution in [0.4, 0.5) is 0 Å². The monoisotopic (exact) mass is 264 g/mol. The summed E-state index contributed by atoms with van der Waals surface area (Å²) in [5.74, 6) is 6.46. The van der Waals surface area contributed by atoms with Crippen LogP contribution in [0.15, 0.2) is 29.2 Å². The highest BCUT2D eigenvalue weighted by Crippen LogP contribution is 2.22. The number of benzene rings is 1. The van der Waals surface area contributed by atoms with Crippen molar-refractivity contribution in [1.29, 1.82) is 0 Å². The Morgan fingerprint density at radius 2 is 2.28 bits per heavy atom. The maximum absolute atomic E-state index is 11.2. The fourth-order valence-electron chi connectivity index (χ4n) is 1.19. The van der Waals surface area contributed by atoms with E-state index in [2.05, 4.69) is 11.8 Å². The largest absolute Gasteiger partial charge is 0.481 e. The van der Waals surface area contributed by atoms with Crippen LogP contribution in [0.5, 0.6) is 5.75 Å². The quantitative estimate of drug-likeness (QED) is 0.449. The van der Waals surface area contributed by atoms with Gasteiger partial charge in [-0.1, -0.05) is 12.0 Å². The van der Waals surface area contributed by atoms with Crippen molar-refractivity contribution in [1.82, 2.24) is 0 Å². The van der Waals surface area contributed by atoms with Crippen molar-refractivity contribution in [3.63, 3.8) is 0 Å². The van der Waals surface area contributed by atoms with Gasteiger partial charge in [-0.3, -0.25) is 4.79 Å². The van der Waals surface area contributed by atoms with Gasteiger partial charge in [0.25, 0.3) is 0 Å². The zero-order valence-corrected chi connectivity index (χ0v) is 11.4. The lowest BCUT2D eigenvalue weighted by Gasteiger charge is -2.05. The van der Waals surface area contributed by atoms with Crippen LogP contribution < -0.4 is 4.74 Å². The lowest BCUT2D eigenvalue weighted by atomic mass is 10.3. The lowest BCUT2D eigenvalue weighted by molar-refractivity contribution is -0.139. The molecule has 0 bridgehead atoms. The van der Waals surface area contributed by atoms with E-state index < -0.39 is 0 Å². The van der Waals surface area contributed by atoms with Crippen molar-refractivity contribution in [2.75, 3.05) is 19.0 Å². The first kappa shape index (κ1) is 14.5. The molecule has 0 spiro atoms. The van der Waals surface area contributed by atoms with Crippen LogP contribution in [0.2, 0.25) is 0 Å². The molecule has 0 amide bonds. The number of esters is 1. The summed E-state index contributed by atoms with van der Waals surface area (Å²) in [4.78, 5) is 12.2. The van der Waals surface area contributed by atoms with Crippen molar-refractivity contribution in [2.45, 2.75) is 18.7 Å². The number of carbonyl (C=O) groups is 1. The molecule has 0 aliphatic heterocycles. The Balaban J connectivity index is 2.47. The number of hydrogen-bond acceptors (Lipinski definition) is 4. The fourth-order valence-corrected chi connectivity index (χ4v) is 1.93. The predicted molar refractivity (Wildman–Crippen MR) is 72.7 cm³/mol. The van der Waals surface area contributed by atoms with Crippen molar-refractivity contribution < 1.29 is 14.3 Å². The van der Waals surface area contributed by atoms with Crippen LogP contribution in [0, 0.1) is 11.8 Å². The van der Waals surface area contributed by atoms with Gasteiger partial charge in [-0.2, -0.15) is 0 Å². The Hall–Kier alpha value is -1.60. The molecule has 3 nitrogen and oxygen atoms in total. The molecular weight excluding hydrogens is 248 g/mol. The third-order valence-corrected chi connectivity index (χ3v) is 2.92. The molecule has 0 N–H and O–H groups in total. The highest BCUT2D eigenvalue weighted by molar-refractivity contribution is 8.00. The summed E-state index contributed by atoms with van der Waals surface area (Å²) < 4.78 is 10.3. The summed E-state index contributed by atoms with van der Waals surface area (Å²) in [6.07, 6.45) is 0. The lowest BCUT2D eigenvalue weighted by Crippen LogP contribution is -2.06. The van der Waals surface area contributed by atoms with E-state index in [9.17, 15) is 4.79 Å². The van der Waals surface area contributed by atoms with E-state index in [0.29, 0.717) is 19.0 Å². The van der Waals surface area contributed by atoms with Gasteiger partial charge < -0.3 is 9.47 Å². The average Bonchev–Trinajstić information content (AvgIpc) is 2.38. The Labute approximate surface area is 112 Å². The molecule has 18 heavy (non-hydrogen) atoms. The van der Waals surface area contributed by atoms with Gasteiger partial charge in [0.15, 0.2) is 0 Å². The molecule has 1 aromatic rings. The average molecular weight is 264 g/mol. The molecule has 96 valence electrons. The van der Waals surface area contributed by atoms with Crippen molar-refractivity contribution in [3.05, 3.63) is 24.3 Å². The Morgan fingerprint density at radius 1 is 1.44 bits per heavy atom. The second-order valence-electron chi connectivity index (χ2n) is 3.28. The normalized spacial score (nSPS) is 9.22. The van der Waals surface area contributed by atoms with Crippen LogP contribution in [0.3, 0.4) is 0 Å². The molecule has 1 aromatic carbocycles. The first-order valence-electron chi connectivity index (χ1n) is 5.67. The summed E-state index contributed by atoms with van der Waals surface area (Å²) >= 11 is 1.43. The van der Waals surface area contributed by atoms with Gasteiger partial charge in [0.05, 0.1) is 12.4 Å². The Morgan fingerprint density at radius 3 is 3.00 bits per heavy atom. The van der Waals surface area contributed by atoms with Crippen LogP contribution in [0.1, 0.15) is 13.8 Å². The smallest absolute Gasteiger partial charge is 0.316 e. The number of thioether (sulfide) groups is 1. The molecule has 0 aliphatic rings. The molecular formula is C14H16O3S. The SMILES string of the molecule is CC#CCOc1cccc(SCC(=O)OCC)c1. The van der Waals surface area contributed by atoms with Crippen LogP contribution in [-0.4, -0.2) is 24.9 Å². The molecule has 0 heterocycles. The van der Waals surface area contributed by atoms with Gasteiger partial charge in [-0.05, 0) is 32.0 Å². The molecule has 0 radical (unpaired) electrons. The minimum Gasteiger partial charge on any atom is -0.481 e. The van der Waals surface area contributed by atoms with Crippen LogP contribution >= 0.6 is 11.8 Å². The standard InChI is InChI=1S/C14H16O3S/c1-3-5-9-17-12-7-6-8-13(10-12)18-11-14(15)16-4-2/h6-8,10H,4,9,11H2,1-2H3. The van der Waals surface area contributed by atoms with E-state index in [0.717, 1.165) is 10.6 Å². The van der Waals surface area contributed by atoms with Crippen LogP contribution in [0.25, 0.3) is 0 Å². The highest BCUT2D eigenvalue weighted by Gasteiger charge is 2.03. The third-order valence-electron chi connectivity index (χ3n) is 1.96. The van der Waals surface area contributed by atoms with E-state index in [1.165, 1.54) is 11.8 Å². The zero-order valence-electron chi connectivity index (χ0n) is 10.6. The molecule has 1 rings (SSSR count). The zero-order chi connectivity index (χ0) is 13.2. The highest BCUT2D eigenvalue weighted by atomic mass is 32.2. The van der Waals surface area contributed by atoms with E-state index in [1.807, 2.05) is 24.3 Å². The maximum Gasteiger partial charge on any atom is 0.316 e. The van der Waals surface area contributed by atoms with Gasteiger partial charge in [-0.25, -0.2) is 0 Å². The topological polar surface area (TPSA) is 35.5 Å². The molecule has 0 aliphatic carbocycles. The van der Waals surface area contributed by atoms with Gasteiger partial charge in [0, 0.05) is 4.90 Å². The Bertz CT molecular complexity index is 446. The minimum atomic E-state index is -0.203. The van der Waals surface area contributed by atoms with E-state index in [-0.39, 0.29) is 5.97 Å². The molecule has 0 saturated heterocycles. The molecule has 4 heteroatoms. The van der Waals surface area contributed by atoms with Gasteiger partial charge in [0.1, 0.15) is 12.4 Å². The predicted octanol–water partition coefficient (Wildman–Crippen LogP) is 2.74. The second-order valence-corrected chi connectivity index (χ2v) is 4.33. The molecule has 0 unspecified atom stereocenters. The summed E-state index contributed by atoms with van der Waals surface area (Å²) in [6, 6.07) is 7.58. The fraction of sp³-hybridized carbons (Fsp3) is 0.357. The summed E-state index contributed by atoms with van der Waals surface area (Å²) in [6.45, 7) is 4.36. The van der Waals surface area contributed by atoms with Crippen molar-refractivity contribution in [3.8, 4) is 17.6 Å². The molecule has 0 fully saturated rings. The van der Waals surface area contributed by atoms with Gasteiger partial charge >= 0.3 is 5.97 Å². The van der Waals surface area contributed by atoms with Crippen LogP contribution in [-0.2, 0) is 9.53 Å². The van der Waals surface area contributed by atoms with Gasteiger partial charge in [-0.15, -0.1) is 17.7 Å². The number of carbonyl (C=O) groups excluding carboxylic acids is 1. The van der Waals surface area contributed by atoms with Crippen molar-refractivity contribution in [2.24, 2.45) is 0 Å². The van der Waals surface area contributed by atoms with Gasteiger partial charge in [0.2, 0.25) is 0 Å². The maximum atomic E-state index is 11.2. The number of rotatable bonds is 6. The second kappa shape index (κ2) is 8.48. The number of ether oxygens (including phenoxy) is 2. The van der Waals surface area contributed by atoms with E-state index in [4.69, 9.17) is 9.47 Å². The van der Waals surface area contributed by atoms with E-state index in [1.54, 1.807) is 13.8 Å². The number of hydrogen-bond donors (Lipinski definition) is 0. The molecule has 0 atom stereocenters. The molecule has 0 aromatic heterocycles. The first-order chi connectivity index (χ1) is 8.76. The van der Waals surface area contributed by atoms with E-state index >= 15 is 0 Å². The van der Waals surface area contributed by atoms with Crippen molar-refractivity contribution >= 4 is 17.7 Å². The summed E-state index contributed by atoms with van der Waals surface area (Å²) in [7, 11) is 0. The third kappa shape index (κ3) is 5.65. The minimum absolute atomic E-state index is 0.203. The Kier molecular flexibility index (Phi) is 6.82. The first-order valence-corrected chi connectivity index (χ1v) is 6.65. The molecule has 0 saturated carbocycles. The summed E-state index contributed by atoms with van der Waals surface area (Å²) in [5.41, 5.74) is 0.